The molecule has 0 spiro atoms. The third-order valence-electron chi connectivity index (χ3n) is 3.54. The summed E-state index contributed by atoms with van der Waals surface area (Å²) in [7, 11) is 0. The molecule has 5 nitrogen and oxygen atoms in total. The van der Waals surface area contributed by atoms with E-state index >= 15 is 0 Å². The highest BCUT2D eigenvalue weighted by Gasteiger charge is 2.22. The molecule has 0 aliphatic heterocycles. The summed E-state index contributed by atoms with van der Waals surface area (Å²) in [5, 5.41) is 1.54. The second-order valence-corrected chi connectivity index (χ2v) is 6.95. The monoisotopic (exact) mass is 359 g/mol. The number of aromatic nitrogens is 3. The molecule has 3 rings (SSSR count). The predicted octanol–water partition coefficient (Wildman–Crippen LogP) is 4.27. The summed E-state index contributed by atoms with van der Waals surface area (Å²) in [5.41, 5.74) is 3.31. The van der Waals surface area contributed by atoms with Crippen molar-refractivity contribution in [3.8, 4) is 11.4 Å². The number of nitrogens with zero attached hydrogens (tertiary/aromatic N) is 3. The molecule has 124 valence electrons. The molecule has 0 atom stereocenters. The number of ether oxygens (including phenoxy) is 1. The first-order valence-electron chi connectivity index (χ1n) is 7.51. The summed E-state index contributed by atoms with van der Waals surface area (Å²) >= 11 is 2.82. The zero-order chi connectivity index (χ0) is 17.3. The average Bonchev–Trinajstić information content (AvgIpc) is 2.91. The van der Waals surface area contributed by atoms with Crippen molar-refractivity contribution in [1.29, 1.82) is 0 Å². The van der Waals surface area contributed by atoms with Crippen molar-refractivity contribution < 1.29 is 9.53 Å². The van der Waals surface area contributed by atoms with Crippen LogP contribution in [0.25, 0.3) is 21.6 Å². The Labute approximate surface area is 148 Å². The molecule has 0 saturated heterocycles. The summed E-state index contributed by atoms with van der Waals surface area (Å²) in [6.45, 7) is 6.00. The van der Waals surface area contributed by atoms with Crippen LogP contribution in [0.4, 0.5) is 0 Å². The van der Waals surface area contributed by atoms with Gasteiger partial charge in [0.15, 0.2) is 5.16 Å². The van der Waals surface area contributed by atoms with E-state index in [1.165, 1.54) is 23.1 Å². The van der Waals surface area contributed by atoms with Crippen molar-refractivity contribution in [2.45, 2.75) is 25.9 Å². The summed E-state index contributed by atoms with van der Waals surface area (Å²) in [5.74, 6) is -0.313. The molecule has 0 fully saturated rings. The van der Waals surface area contributed by atoms with Gasteiger partial charge in [-0.05, 0) is 44.7 Å². The van der Waals surface area contributed by atoms with Crippen LogP contribution < -0.4 is 0 Å². The Bertz CT molecular complexity index is 922. The Hall–Kier alpha value is -1.99. The van der Waals surface area contributed by atoms with Crippen LogP contribution in [0.15, 0.2) is 23.4 Å². The summed E-state index contributed by atoms with van der Waals surface area (Å²) in [4.78, 5) is 27.4. The molecular weight excluding hydrogens is 342 g/mol. The quantitative estimate of drug-likeness (QED) is 0.394. The largest absolute Gasteiger partial charge is 0.462 e. The van der Waals surface area contributed by atoms with Crippen LogP contribution in [0, 0.1) is 13.8 Å². The Morgan fingerprint density at radius 3 is 2.71 bits per heavy atom. The third kappa shape index (κ3) is 3.01. The highest BCUT2D eigenvalue weighted by Crippen LogP contribution is 2.36. The molecule has 0 saturated carbocycles. The van der Waals surface area contributed by atoms with E-state index in [1.54, 1.807) is 6.92 Å². The minimum Gasteiger partial charge on any atom is -0.462 e. The van der Waals surface area contributed by atoms with Crippen molar-refractivity contribution >= 4 is 39.3 Å². The Morgan fingerprint density at radius 2 is 2.04 bits per heavy atom. The van der Waals surface area contributed by atoms with Crippen LogP contribution in [-0.2, 0) is 4.74 Å². The number of aryl methyl sites for hydroxylation is 2. The van der Waals surface area contributed by atoms with Crippen LogP contribution in [0.5, 0.6) is 0 Å². The summed E-state index contributed by atoms with van der Waals surface area (Å²) in [6.07, 6.45) is 1.93. The maximum atomic E-state index is 12.2. The van der Waals surface area contributed by atoms with E-state index in [0.717, 1.165) is 32.9 Å². The van der Waals surface area contributed by atoms with Gasteiger partial charge in [-0.25, -0.2) is 14.8 Å². The van der Waals surface area contributed by atoms with Crippen molar-refractivity contribution in [3.05, 3.63) is 34.3 Å². The van der Waals surface area contributed by atoms with E-state index < -0.39 is 0 Å². The lowest BCUT2D eigenvalue weighted by atomic mass is 10.1. The first-order valence-corrected chi connectivity index (χ1v) is 9.55. The Balaban J connectivity index is 2.29. The number of fused-ring (bicyclic) bond motifs is 1. The maximum absolute atomic E-state index is 12.2. The maximum Gasteiger partial charge on any atom is 0.348 e. The molecule has 3 heterocycles. The van der Waals surface area contributed by atoms with Gasteiger partial charge in [0.2, 0.25) is 0 Å². The Kier molecular flexibility index (Phi) is 4.82. The molecule has 0 aliphatic carbocycles. The fourth-order valence-corrected chi connectivity index (χ4v) is 3.96. The molecule has 0 aliphatic rings. The second-order valence-electron chi connectivity index (χ2n) is 5.18. The molecule has 0 amide bonds. The summed E-state index contributed by atoms with van der Waals surface area (Å²) in [6, 6.07) is 5.83. The normalized spacial score (nSPS) is 11.0. The third-order valence-corrected chi connectivity index (χ3v) is 5.26. The van der Waals surface area contributed by atoms with Gasteiger partial charge in [0.05, 0.1) is 12.3 Å². The van der Waals surface area contributed by atoms with Gasteiger partial charge in [-0.2, -0.15) is 0 Å². The van der Waals surface area contributed by atoms with E-state index in [1.807, 2.05) is 38.3 Å². The van der Waals surface area contributed by atoms with Gasteiger partial charge in [0.25, 0.3) is 0 Å². The summed E-state index contributed by atoms with van der Waals surface area (Å²) < 4.78 is 5.16. The van der Waals surface area contributed by atoms with Gasteiger partial charge < -0.3 is 4.74 Å². The number of carbonyl (C=O) groups excluding carboxylic acids is 1. The second kappa shape index (κ2) is 6.86. The zero-order valence-corrected chi connectivity index (χ0v) is 15.5. The van der Waals surface area contributed by atoms with Gasteiger partial charge in [-0.1, -0.05) is 17.8 Å². The number of hydrogen-bond donors (Lipinski definition) is 0. The van der Waals surface area contributed by atoms with Gasteiger partial charge in [-0.3, -0.25) is 4.98 Å². The number of pyridine rings is 1. The van der Waals surface area contributed by atoms with Crippen LogP contribution in [0.3, 0.4) is 0 Å². The fraction of sp³-hybridized carbons (Fsp3) is 0.294. The average molecular weight is 359 g/mol. The Morgan fingerprint density at radius 1 is 1.25 bits per heavy atom. The molecule has 0 N–H and O–H groups in total. The van der Waals surface area contributed by atoms with E-state index in [-0.39, 0.29) is 5.97 Å². The van der Waals surface area contributed by atoms with E-state index in [9.17, 15) is 4.79 Å². The predicted molar refractivity (Wildman–Crippen MR) is 97.9 cm³/mol. The fourth-order valence-electron chi connectivity index (χ4n) is 2.46. The standard InChI is InChI=1S/C17H17N3O2S2/c1-5-22-16(21)14-10(3)12-13(11-8-6-7-9(2)18-11)19-17(23-4)20-15(12)24-14/h6-8H,5H2,1-4H3. The van der Waals surface area contributed by atoms with Crippen molar-refractivity contribution in [3.63, 3.8) is 0 Å². The minimum atomic E-state index is -0.313. The topological polar surface area (TPSA) is 65.0 Å². The molecule has 3 aromatic rings. The zero-order valence-electron chi connectivity index (χ0n) is 13.9. The van der Waals surface area contributed by atoms with Crippen LogP contribution in [0.2, 0.25) is 0 Å². The highest BCUT2D eigenvalue weighted by atomic mass is 32.2. The minimum absolute atomic E-state index is 0.313. The molecule has 0 radical (unpaired) electrons. The van der Waals surface area contributed by atoms with Gasteiger partial charge in [-0.15, -0.1) is 11.3 Å². The van der Waals surface area contributed by atoms with Crippen LogP contribution in [-0.4, -0.2) is 33.8 Å². The number of hydrogen-bond acceptors (Lipinski definition) is 7. The van der Waals surface area contributed by atoms with Gasteiger partial charge in [0.1, 0.15) is 15.4 Å². The number of esters is 1. The molecule has 0 unspecified atom stereocenters. The van der Waals surface area contributed by atoms with E-state index in [4.69, 9.17) is 4.74 Å². The number of carbonyl (C=O) groups is 1. The van der Waals surface area contributed by atoms with Crippen molar-refractivity contribution in [2.24, 2.45) is 0 Å². The first kappa shape index (κ1) is 16.9. The molecule has 0 aromatic carbocycles. The first-order chi connectivity index (χ1) is 11.5. The molecule has 24 heavy (non-hydrogen) atoms. The smallest absolute Gasteiger partial charge is 0.348 e. The lowest BCUT2D eigenvalue weighted by molar-refractivity contribution is 0.0531. The molecular formula is C17H17N3O2S2. The molecule has 7 heteroatoms. The van der Waals surface area contributed by atoms with E-state index in [2.05, 4.69) is 15.0 Å². The number of thioether (sulfide) groups is 1. The highest BCUT2D eigenvalue weighted by molar-refractivity contribution is 7.98. The number of thiophene rings is 1. The molecule has 0 bridgehead atoms. The van der Waals surface area contributed by atoms with E-state index in [0.29, 0.717) is 16.6 Å². The molecule has 3 aromatic heterocycles. The lowest BCUT2D eigenvalue weighted by Crippen LogP contribution is -2.03. The van der Waals surface area contributed by atoms with Crippen molar-refractivity contribution in [1.82, 2.24) is 15.0 Å². The van der Waals surface area contributed by atoms with Crippen LogP contribution in [0.1, 0.15) is 27.9 Å². The van der Waals surface area contributed by atoms with Crippen LogP contribution >= 0.6 is 23.1 Å². The van der Waals surface area contributed by atoms with Gasteiger partial charge in [0, 0.05) is 11.1 Å². The number of rotatable bonds is 4. The lowest BCUT2D eigenvalue weighted by Gasteiger charge is -2.06. The van der Waals surface area contributed by atoms with Crippen molar-refractivity contribution in [2.75, 3.05) is 12.9 Å². The van der Waals surface area contributed by atoms with Gasteiger partial charge >= 0.3 is 5.97 Å². The SMILES string of the molecule is CCOC(=O)c1sc2nc(SC)nc(-c3cccc(C)n3)c2c1C.